The lowest BCUT2D eigenvalue weighted by Crippen LogP contribution is -2.33. The van der Waals surface area contributed by atoms with Gasteiger partial charge in [0.1, 0.15) is 0 Å². The van der Waals surface area contributed by atoms with Gasteiger partial charge in [-0.1, -0.05) is 38.8 Å². The number of rotatable bonds is 9. The summed E-state index contributed by atoms with van der Waals surface area (Å²) in [4.78, 5) is 11.8. The first-order valence-corrected chi connectivity index (χ1v) is 7.77. The normalized spacial score (nSPS) is 12.2. The number of carbonyl (C=O) groups is 1. The van der Waals surface area contributed by atoms with Crippen LogP contribution in [0, 0.1) is 0 Å². The van der Waals surface area contributed by atoms with E-state index in [-0.39, 0.29) is 5.91 Å². The maximum Gasteiger partial charge on any atom is 0.238 e. The lowest BCUT2D eigenvalue weighted by Gasteiger charge is -2.11. The Morgan fingerprint density at radius 2 is 1.85 bits per heavy atom. The molecule has 112 valence electrons. The quantitative estimate of drug-likeness (QED) is 0.674. The second-order valence-electron chi connectivity index (χ2n) is 5.39. The van der Waals surface area contributed by atoms with Crippen LogP contribution in [0.5, 0.6) is 0 Å². The van der Waals surface area contributed by atoms with E-state index >= 15 is 0 Å². The summed E-state index contributed by atoms with van der Waals surface area (Å²) in [5, 5.41) is 6.10. The maximum atomic E-state index is 11.8. The molecule has 1 rings (SSSR count). The first-order chi connectivity index (χ1) is 9.65. The first-order valence-electron chi connectivity index (χ1n) is 7.77. The van der Waals surface area contributed by atoms with Gasteiger partial charge in [-0.2, -0.15) is 0 Å². The van der Waals surface area contributed by atoms with E-state index in [0.717, 1.165) is 18.5 Å². The van der Waals surface area contributed by atoms with Crippen molar-refractivity contribution in [2.45, 2.75) is 58.9 Å². The van der Waals surface area contributed by atoms with Gasteiger partial charge in [0.15, 0.2) is 0 Å². The van der Waals surface area contributed by atoms with E-state index in [9.17, 15) is 4.79 Å². The Hall–Kier alpha value is -1.35. The predicted octanol–water partition coefficient (Wildman–Crippen LogP) is 3.75. The summed E-state index contributed by atoms with van der Waals surface area (Å²) in [5.74, 6) is 0.0176. The van der Waals surface area contributed by atoms with Crippen LogP contribution in [-0.2, 0) is 11.2 Å². The molecule has 0 aliphatic heterocycles. The first kappa shape index (κ1) is 16.7. The highest BCUT2D eigenvalue weighted by molar-refractivity contribution is 5.92. The molecule has 0 aromatic heterocycles. The zero-order valence-electron chi connectivity index (χ0n) is 13.0. The molecule has 0 aliphatic rings. The number of amides is 1. The monoisotopic (exact) mass is 276 g/mol. The van der Waals surface area contributed by atoms with Crippen molar-refractivity contribution in [1.29, 1.82) is 0 Å². The van der Waals surface area contributed by atoms with E-state index < -0.39 is 0 Å². The molecule has 1 atom stereocenters. The number of hydrogen-bond donors (Lipinski definition) is 2. The minimum atomic E-state index is 0.0176. The minimum Gasteiger partial charge on any atom is -0.325 e. The zero-order valence-corrected chi connectivity index (χ0v) is 13.0. The molecule has 0 aliphatic carbocycles. The third-order valence-electron chi connectivity index (χ3n) is 3.53. The Labute approximate surface area is 123 Å². The Morgan fingerprint density at radius 3 is 2.45 bits per heavy atom. The van der Waals surface area contributed by atoms with E-state index in [1.54, 1.807) is 0 Å². The van der Waals surface area contributed by atoms with Crippen LogP contribution in [0.2, 0.25) is 0 Å². The number of hydrogen-bond acceptors (Lipinski definition) is 2. The minimum absolute atomic E-state index is 0.0176. The van der Waals surface area contributed by atoms with Gasteiger partial charge >= 0.3 is 0 Å². The van der Waals surface area contributed by atoms with Crippen molar-refractivity contribution < 1.29 is 4.79 Å². The highest BCUT2D eigenvalue weighted by Gasteiger charge is 2.04. The van der Waals surface area contributed by atoms with Gasteiger partial charge in [-0.3, -0.25) is 4.79 Å². The van der Waals surface area contributed by atoms with Crippen LogP contribution < -0.4 is 10.6 Å². The summed E-state index contributed by atoms with van der Waals surface area (Å²) >= 11 is 0. The van der Waals surface area contributed by atoms with E-state index in [4.69, 9.17) is 0 Å². The second kappa shape index (κ2) is 9.54. The molecule has 3 nitrogen and oxygen atoms in total. The Morgan fingerprint density at radius 1 is 1.15 bits per heavy atom. The van der Waals surface area contributed by atoms with Crippen LogP contribution in [0.3, 0.4) is 0 Å². The molecular weight excluding hydrogens is 248 g/mol. The van der Waals surface area contributed by atoms with Crippen molar-refractivity contribution in [2.75, 3.05) is 11.9 Å². The van der Waals surface area contributed by atoms with E-state index in [1.165, 1.54) is 24.8 Å². The van der Waals surface area contributed by atoms with Crippen LogP contribution in [0.25, 0.3) is 0 Å². The molecule has 0 saturated carbocycles. The molecule has 1 amide bonds. The lowest BCUT2D eigenvalue weighted by molar-refractivity contribution is -0.115. The summed E-state index contributed by atoms with van der Waals surface area (Å²) in [6, 6.07) is 8.56. The van der Waals surface area contributed by atoms with Gasteiger partial charge < -0.3 is 10.6 Å². The highest BCUT2D eigenvalue weighted by atomic mass is 16.1. The zero-order chi connectivity index (χ0) is 14.8. The van der Waals surface area contributed by atoms with Gasteiger partial charge in [0.2, 0.25) is 5.91 Å². The van der Waals surface area contributed by atoms with Gasteiger partial charge in [0.25, 0.3) is 0 Å². The van der Waals surface area contributed by atoms with Crippen molar-refractivity contribution in [2.24, 2.45) is 0 Å². The molecule has 0 spiro atoms. The molecule has 0 radical (unpaired) electrons. The molecule has 0 heterocycles. The Balaban J connectivity index is 2.35. The van der Waals surface area contributed by atoms with E-state index in [0.29, 0.717) is 12.6 Å². The molecule has 1 unspecified atom stereocenters. The largest absolute Gasteiger partial charge is 0.325 e. The third-order valence-corrected chi connectivity index (χ3v) is 3.53. The number of benzene rings is 1. The number of aryl methyl sites for hydroxylation is 1. The second-order valence-corrected chi connectivity index (χ2v) is 5.39. The van der Waals surface area contributed by atoms with Crippen LogP contribution in [0.15, 0.2) is 24.3 Å². The average Bonchev–Trinajstić information content (AvgIpc) is 2.47. The van der Waals surface area contributed by atoms with Crippen LogP contribution >= 0.6 is 0 Å². The van der Waals surface area contributed by atoms with E-state index in [2.05, 4.69) is 43.5 Å². The molecule has 0 bridgehead atoms. The molecule has 0 fully saturated rings. The molecular formula is C17H28N2O. The summed E-state index contributed by atoms with van der Waals surface area (Å²) in [6.07, 6.45) is 5.91. The average molecular weight is 276 g/mol. The standard InChI is InChI=1S/C17H28N2O/c1-4-6-7-8-15-9-11-16(12-10-15)19-17(20)13-18-14(3)5-2/h9-12,14,18H,4-8,13H2,1-3H3,(H,19,20). The number of carbonyl (C=O) groups excluding carboxylic acids is 1. The van der Waals surface area contributed by atoms with Gasteiger partial charge in [0.05, 0.1) is 6.54 Å². The smallest absolute Gasteiger partial charge is 0.238 e. The van der Waals surface area contributed by atoms with Crippen molar-refractivity contribution in [3.8, 4) is 0 Å². The highest BCUT2D eigenvalue weighted by Crippen LogP contribution is 2.12. The Bertz CT molecular complexity index is 386. The Kier molecular flexibility index (Phi) is 7.97. The topological polar surface area (TPSA) is 41.1 Å². The summed E-state index contributed by atoms with van der Waals surface area (Å²) in [7, 11) is 0. The van der Waals surface area contributed by atoms with Gasteiger partial charge in [-0.15, -0.1) is 0 Å². The van der Waals surface area contributed by atoms with Crippen LogP contribution in [0.1, 0.15) is 52.0 Å². The maximum absolute atomic E-state index is 11.8. The van der Waals surface area contributed by atoms with Gasteiger partial charge in [-0.05, 0) is 43.9 Å². The van der Waals surface area contributed by atoms with Gasteiger partial charge in [0, 0.05) is 11.7 Å². The number of unbranched alkanes of at least 4 members (excludes halogenated alkanes) is 2. The molecule has 20 heavy (non-hydrogen) atoms. The predicted molar refractivity (Wildman–Crippen MR) is 86.1 cm³/mol. The van der Waals surface area contributed by atoms with Crippen molar-refractivity contribution in [1.82, 2.24) is 5.32 Å². The fourth-order valence-electron chi connectivity index (χ4n) is 1.95. The SMILES string of the molecule is CCCCCc1ccc(NC(=O)CNC(C)CC)cc1. The fraction of sp³-hybridized carbons (Fsp3) is 0.588. The van der Waals surface area contributed by atoms with Gasteiger partial charge in [-0.25, -0.2) is 0 Å². The van der Waals surface area contributed by atoms with Crippen molar-refractivity contribution in [3.05, 3.63) is 29.8 Å². The lowest BCUT2D eigenvalue weighted by atomic mass is 10.1. The summed E-state index contributed by atoms with van der Waals surface area (Å²) in [5.41, 5.74) is 2.22. The van der Waals surface area contributed by atoms with Crippen LogP contribution in [0.4, 0.5) is 5.69 Å². The van der Waals surface area contributed by atoms with E-state index in [1.807, 2.05) is 12.1 Å². The number of nitrogens with one attached hydrogen (secondary N) is 2. The summed E-state index contributed by atoms with van der Waals surface area (Å²) in [6.45, 7) is 6.77. The van der Waals surface area contributed by atoms with Crippen molar-refractivity contribution in [3.63, 3.8) is 0 Å². The van der Waals surface area contributed by atoms with Crippen LogP contribution in [-0.4, -0.2) is 18.5 Å². The molecule has 1 aromatic carbocycles. The molecule has 0 saturated heterocycles. The fourth-order valence-corrected chi connectivity index (χ4v) is 1.95. The molecule has 3 heteroatoms. The summed E-state index contributed by atoms with van der Waals surface area (Å²) < 4.78 is 0. The molecule has 2 N–H and O–H groups in total. The number of anilines is 1. The third kappa shape index (κ3) is 6.71. The molecule has 1 aromatic rings. The van der Waals surface area contributed by atoms with Crippen molar-refractivity contribution >= 4 is 11.6 Å².